The molecule has 2 aromatic rings. The quantitative estimate of drug-likeness (QED) is 0.882. The Bertz CT molecular complexity index is 522. The lowest BCUT2D eigenvalue weighted by molar-refractivity contribution is 0.214. The lowest BCUT2D eigenvalue weighted by atomic mass is 9.98. The zero-order valence-corrected chi connectivity index (χ0v) is 10.6. The largest absolute Gasteiger partial charge is 0.382 e. The first-order valence-electron chi connectivity index (χ1n) is 5.44. The summed E-state index contributed by atoms with van der Waals surface area (Å²) in [6.07, 6.45) is 0.845. The average molecular weight is 248 g/mol. The Hall–Kier alpha value is -1.38. The summed E-state index contributed by atoms with van der Waals surface area (Å²) in [4.78, 5) is 4.14. The molecule has 1 atom stereocenters. The van der Waals surface area contributed by atoms with Gasteiger partial charge in [-0.05, 0) is 37.1 Å². The van der Waals surface area contributed by atoms with Crippen LogP contribution in [0.1, 0.15) is 28.5 Å². The first-order valence-corrected chi connectivity index (χ1v) is 5.82. The summed E-state index contributed by atoms with van der Waals surface area (Å²) in [5.41, 5.74) is 3.68. The van der Waals surface area contributed by atoms with Crippen molar-refractivity contribution < 1.29 is 5.11 Å². The lowest BCUT2D eigenvalue weighted by Crippen LogP contribution is -2.04. The molecule has 17 heavy (non-hydrogen) atoms. The zero-order valence-electron chi connectivity index (χ0n) is 9.81. The minimum absolute atomic E-state index is 0.571. The van der Waals surface area contributed by atoms with Crippen LogP contribution in [-0.4, -0.2) is 10.1 Å². The number of halogens is 1. The number of nitrogens with zero attached hydrogens (tertiary/aromatic N) is 1. The van der Waals surface area contributed by atoms with Gasteiger partial charge in [0.15, 0.2) is 0 Å². The van der Waals surface area contributed by atoms with Crippen molar-refractivity contribution >= 4 is 11.6 Å². The number of aliphatic hydroxyl groups excluding tert-OH is 1. The van der Waals surface area contributed by atoms with Gasteiger partial charge in [-0.25, -0.2) is 0 Å². The van der Waals surface area contributed by atoms with Crippen LogP contribution < -0.4 is 0 Å². The summed E-state index contributed by atoms with van der Waals surface area (Å²) in [7, 11) is 0. The van der Waals surface area contributed by atoms with Crippen LogP contribution in [0.15, 0.2) is 36.5 Å². The fourth-order valence-corrected chi connectivity index (χ4v) is 1.87. The van der Waals surface area contributed by atoms with Crippen molar-refractivity contribution in [3.05, 3.63) is 63.9 Å². The van der Waals surface area contributed by atoms with Gasteiger partial charge in [-0.1, -0.05) is 35.4 Å². The Balaban J connectivity index is 2.39. The molecule has 88 valence electrons. The standard InChI is InChI=1S/C14H14ClNO/c1-9-3-4-10(2)12(7-9)14(17)13-6-5-11(15)8-16-13/h3-8,14,17H,1-2H3. The van der Waals surface area contributed by atoms with E-state index < -0.39 is 6.10 Å². The first kappa shape index (κ1) is 12.1. The maximum Gasteiger partial charge on any atom is 0.121 e. The Morgan fingerprint density at radius 3 is 2.59 bits per heavy atom. The highest BCUT2D eigenvalue weighted by atomic mass is 35.5. The molecule has 1 aromatic carbocycles. The van der Waals surface area contributed by atoms with Gasteiger partial charge in [0.05, 0.1) is 10.7 Å². The molecule has 1 aromatic heterocycles. The van der Waals surface area contributed by atoms with E-state index in [1.807, 2.05) is 32.0 Å². The summed E-state index contributed by atoms with van der Waals surface area (Å²) >= 11 is 5.77. The number of aryl methyl sites for hydroxylation is 2. The molecule has 1 unspecified atom stereocenters. The molecule has 0 aliphatic heterocycles. The number of aromatic nitrogens is 1. The Labute approximate surface area is 106 Å². The molecule has 1 N–H and O–H groups in total. The molecular weight excluding hydrogens is 234 g/mol. The van der Waals surface area contributed by atoms with E-state index in [9.17, 15) is 5.11 Å². The smallest absolute Gasteiger partial charge is 0.121 e. The first-order chi connectivity index (χ1) is 8.08. The van der Waals surface area contributed by atoms with Crippen LogP contribution >= 0.6 is 11.6 Å². The number of hydrogen-bond donors (Lipinski definition) is 1. The van der Waals surface area contributed by atoms with Crippen molar-refractivity contribution in [2.75, 3.05) is 0 Å². The van der Waals surface area contributed by atoms with Crippen molar-refractivity contribution in [3.8, 4) is 0 Å². The molecule has 0 bridgehead atoms. The highest BCUT2D eigenvalue weighted by Crippen LogP contribution is 2.24. The molecule has 2 nitrogen and oxygen atoms in total. The highest BCUT2D eigenvalue weighted by molar-refractivity contribution is 6.30. The van der Waals surface area contributed by atoms with Crippen LogP contribution in [0.25, 0.3) is 0 Å². The van der Waals surface area contributed by atoms with Gasteiger partial charge in [0.1, 0.15) is 6.10 Å². The molecule has 3 heteroatoms. The van der Waals surface area contributed by atoms with Gasteiger partial charge < -0.3 is 5.11 Å². The van der Waals surface area contributed by atoms with E-state index in [0.717, 1.165) is 16.7 Å². The molecule has 0 fully saturated rings. The summed E-state index contributed by atoms with van der Waals surface area (Å²) in [5, 5.41) is 10.9. The lowest BCUT2D eigenvalue weighted by Gasteiger charge is -2.14. The molecule has 0 aliphatic carbocycles. The van der Waals surface area contributed by atoms with Crippen LogP contribution in [0.5, 0.6) is 0 Å². The summed E-state index contributed by atoms with van der Waals surface area (Å²) in [6, 6.07) is 9.49. The van der Waals surface area contributed by atoms with E-state index in [-0.39, 0.29) is 0 Å². The Morgan fingerprint density at radius 1 is 1.18 bits per heavy atom. The fourth-order valence-electron chi connectivity index (χ4n) is 1.76. The second kappa shape index (κ2) is 4.86. The minimum atomic E-state index is -0.702. The summed E-state index contributed by atoms with van der Waals surface area (Å²) in [6.45, 7) is 3.98. The number of aliphatic hydroxyl groups is 1. The number of rotatable bonds is 2. The molecule has 0 amide bonds. The van der Waals surface area contributed by atoms with Crippen molar-refractivity contribution in [1.82, 2.24) is 4.98 Å². The predicted octanol–water partition coefficient (Wildman–Crippen LogP) is 3.43. The third-order valence-corrected chi connectivity index (χ3v) is 2.98. The number of benzene rings is 1. The van der Waals surface area contributed by atoms with Gasteiger partial charge in [0.25, 0.3) is 0 Å². The van der Waals surface area contributed by atoms with Crippen molar-refractivity contribution in [2.24, 2.45) is 0 Å². The van der Waals surface area contributed by atoms with Gasteiger partial charge in [0.2, 0.25) is 0 Å². The van der Waals surface area contributed by atoms with E-state index in [1.165, 1.54) is 0 Å². The van der Waals surface area contributed by atoms with E-state index in [0.29, 0.717) is 10.7 Å². The van der Waals surface area contributed by atoms with Gasteiger partial charge in [-0.2, -0.15) is 0 Å². The van der Waals surface area contributed by atoms with E-state index in [1.54, 1.807) is 18.3 Å². The molecular formula is C14H14ClNO. The SMILES string of the molecule is Cc1ccc(C)c(C(O)c2ccc(Cl)cn2)c1. The molecule has 0 radical (unpaired) electrons. The van der Waals surface area contributed by atoms with Gasteiger partial charge >= 0.3 is 0 Å². The minimum Gasteiger partial charge on any atom is -0.382 e. The summed E-state index contributed by atoms with van der Waals surface area (Å²) in [5.74, 6) is 0. The molecule has 0 saturated heterocycles. The van der Waals surface area contributed by atoms with Crippen molar-refractivity contribution in [3.63, 3.8) is 0 Å². The highest BCUT2D eigenvalue weighted by Gasteiger charge is 2.14. The van der Waals surface area contributed by atoms with Gasteiger partial charge in [0, 0.05) is 6.20 Å². The maximum absolute atomic E-state index is 10.3. The van der Waals surface area contributed by atoms with Crippen LogP contribution in [0.2, 0.25) is 5.02 Å². The average Bonchev–Trinajstić information content (AvgIpc) is 2.32. The topological polar surface area (TPSA) is 33.1 Å². The van der Waals surface area contributed by atoms with E-state index in [2.05, 4.69) is 4.98 Å². The Kier molecular flexibility index (Phi) is 3.46. The maximum atomic E-state index is 10.3. The number of pyridine rings is 1. The summed E-state index contributed by atoms with van der Waals surface area (Å²) < 4.78 is 0. The van der Waals surface area contributed by atoms with Crippen LogP contribution in [0.4, 0.5) is 0 Å². The monoisotopic (exact) mass is 247 g/mol. The van der Waals surface area contributed by atoms with Crippen LogP contribution in [0, 0.1) is 13.8 Å². The molecule has 0 spiro atoms. The normalized spacial score (nSPS) is 12.5. The number of hydrogen-bond acceptors (Lipinski definition) is 2. The predicted molar refractivity (Wildman–Crippen MR) is 69.2 cm³/mol. The molecule has 0 aliphatic rings. The molecule has 1 heterocycles. The second-order valence-electron chi connectivity index (χ2n) is 4.16. The van der Waals surface area contributed by atoms with Crippen LogP contribution in [0.3, 0.4) is 0 Å². The fraction of sp³-hybridized carbons (Fsp3) is 0.214. The van der Waals surface area contributed by atoms with Crippen molar-refractivity contribution in [1.29, 1.82) is 0 Å². The van der Waals surface area contributed by atoms with E-state index >= 15 is 0 Å². The molecule has 0 saturated carbocycles. The third-order valence-electron chi connectivity index (χ3n) is 2.76. The molecule has 2 rings (SSSR count). The van der Waals surface area contributed by atoms with E-state index in [4.69, 9.17) is 11.6 Å². The van der Waals surface area contributed by atoms with Gasteiger partial charge in [-0.3, -0.25) is 4.98 Å². The Morgan fingerprint density at radius 2 is 1.94 bits per heavy atom. The third kappa shape index (κ3) is 2.65. The van der Waals surface area contributed by atoms with Gasteiger partial charge in [-0.15, -0.1) is 0 Å². The van der Waals surface area contributed by atoms with Crippen LogP contribution in [-0.2, 0) is 0 Å². The second-order valence-corrected chi connectivity index (χ2v) is 4.60. The zero-order chi connectivity index (χ0) is 12.4. The van der Waals surface area contributed by atoms with Crippen molar-refractivity contribution in [2.45, 2.75) is 20.0 Å².